The third-order valence-electron chi connectivity index (χ3n) is 9.92. The molecule has 0 N–H and O–H groups in total. The van der Waals surface area contributed by atoms with E-state index in [1.54, 1.807) is 0 Å². The highest BCUT2D eigenvalue weighted by atomic mass is 15.0. The number of para-hydroxylation sites is 3. The molecule has 0 aliphatic carbocycles. The standard InChI is InChI=1S/C51H42N2/c1-4-7-22-42(52-48(18-5-2)44(6-3)45-24-11-14-27-49(45)52)23-17-19-37-34-40(38-20-9-8-10-21-38)36-41(35-37)39-30-32-43(33-31-39)53-50-28-15-12-25-46(50)47-26-13-16-29-51(47)53/h5-36H,3-4H2,1-2H3/b18-5-,19-17+,22-7-,42-23+. The Kier molecular flexibility index (Phi) is 9.43. The third-order valence-corrected chi connectivity index (χ3v) is 9.92. The molecule has 2 nitrogen and oxygen atoms in total. The second-order valence-electron chi connectivity index (χ2n) is 13.2. The molecular formula is C51H42N2. The van der Waals surface area contributed by atoms with Gasteiger partial charge in [-0.05, 0) is 108 Å². The number of allylic oxidation sites excluding steroid dienone is 6. The maximum atomic E-state index is 4.17. The summed E-state index contributed by atoms with van der Waals surface area (Å²) in [6, 6.07) is 52.4. The van der Waals surface area contributed by atoms with E-state index >= 15 is 0 Å². The molecule has 8 aromatic rings. The van der Waals surface area contributed by atoms with Gasteiger partial charge in [-0.3, -0.25) is 0 Å². The summed E-state index contributed by atoms with van der Waals surface area (Å²) in [4.78, 5) is 0. The van der Waals surface area contributed by atoms with Crippen LogP contribution in [0.5, 0.6) is 0 Å². The number of benzene rings is 6. The van der Waals surface area contributed by atoms with E-state index in [1.165, 1.54) is 49.4 Å². The van der Waals surface area contributed by atoms with E-state index in [0.29, 0.717) is 0 Å². The van der Waals surface area contributed by atoms with Gasteiger partial charge in [-0.15, -0.1) is 0 Å². The van der Waals surface area contributed by atoms with Crippen molar-refractivity contribution in [1.82, 2.24) is 9.13 Å². The zero-order valence-corrected chi connectivity index (χ0v) is 30.3. The van der Waals surface area contributed by atoms with Crippen LogP contribution in [0.25, 0.3) is 84.6 Å². The van der Waals surface area contributed by atoms with Crippen molar-refractivity contribution < 1.29 is 0 Å². The van der Waals surface area contributed by atoms with Gasteiger partial charge in [0.1, 0.15) is 0 Å². The van der Waals surface area contributed by atoms with Gasteiger partial charge in [0.25, 0.3) is 0 Å². The van der Waals surface area contributed by atoms with Gasteiger partial charge >= 0.3 is 0 Å². The molecule has 0 fully saturated rings. The van der Waals surface area contributed by atoms with Gasteiger partial charge < -0.3 is 9.13 Å². The van der Waals surface area contributed by atoms with Gasteiger partial charge in [0.2, 0.25) is 0 Å². The number of nitrogens with zero attached hydrogens (tertiary/aromatic N) is 2. The van der Waals surface area contributed by atoms with Crippen LogP contribution in [0, 0.1) is 0 Å². The lowest BCUT2D eigenvalue weighted by Crippen LogP contribution is -1.98. The largest absolute Gasteiger partial charge is 0.309 e. The second-order valence-corrected chi connectivity index (χ2v) is 13.2. The second kappa shape index (κ2) is 14.9. The van der Waals surface area contributed by atoms with Crippen molar-refractivity contribution in [2.45, 2.75) is 20.3 Å². The summed E-state index contributed by atoms with van der Waals surface area (Å²) in [7, 11) is 0. The fourth-order valence-corrected chi connectivity index (χ4v) is 7.52. The summed E-state index contributed by atoms with van der Waals surface area (Å²) in [5.74, 6) is 0. The fourth-order valence-electron chi connectivity index (χ4n) is 7.52. The average Bonchev–Trinajstić information content (AvgIpc) is 3.72. The first kappa shape index (κ1) is 33.5. The Bertz CT molecular complexity index is 2650. The van der Waals surface area contributed by atoms with Crippen LogP contribution < -0.4 is 0 Å². The molecule has 0 saturated carbocycles. The van der Waals surface area contributed by atoms with Gasteiger partial charge in [0.15, 0.2) is 0 Å². The molecule has 2 heterocycles. The van der Waals surface area contributed by atoms with Crippen LogP contribution in [-0.2, 0) is 0 Å². The molecule has 2 aromatic heterocycles. The van der Waals surface area contributed by atoms with E-state index in [9.17, 15) is 0 Å². The minimum atomic E-state index is 0.950. The predicted octanol–water partition coefficient (Wildman–Crippen LogP) is 14.3. The highest BCUT2D eigenvalue weighted by Gasteiger charge is 2.15. The van der Waals surface area contributed by atoms with Gasteiger partial charge in [-0.1, -0.05) is 141 Å². The minimum absolute atomic E-state index is 0.950. The Hall–Kier alpha value is -6.64. The van der Waals surface area contributed by atoms with Crippen molar-refractivity contribution in [3.8, 4) is 27.9 Å². The molecule has 6 aromatic carbocycles. The van der Waals surface area contributed by atoms with Crippen LogP contribution in [-0.4, -0.2) is 9.13 Å². The molecule has 0 spiro atoms. The van der Waals surface area contributed by atoms with E-state index < -0.39 is 0 Å². The molecule has 2 heteroatoms. The van der Waals surface area contributed by atoms with Crippen LogP contribution in [0.3, 0.4) is 0 Å². The highest BCUT2D eigenvalue weighted by molar-refractivity contribution is 6.09. The first-order valence-electron chi connectivity index (χ1n) is 18.4. The first-order chi connectivity index (χ1) is 26.2. The van der Waals surface area contributed by atoms with E-state index in [4.69, 9.17) is 0 Å². The van der Waals surface area contributed by atoms with E-state index in [1.807, 2.05) is 6.08 Å². The summed E-state index contributed by atoms with van der Waals surface area (Å²) in [6.07, 6.45) is 18.3. The summed E-state index contributed by atoms with van der Waals surface area (Å²) in [5.41, 5.74) is 14.0. The van der Waals surface area contributed by atoms with Gasteiger partial charge in [0.05, 0.1) is 22.2 Å². The molecule has 53 heavy (non-hydrogen) atoms. The fraction of sp³-hybridized carbons (Fsp3) is 0.0588. The zero-order chi connectivity index (χ0) is 36.1. The Balaban J connectivity index is 1.21. The Morgan fingerprint density at radius 1 is 0.604 bits per heavy atom. The van der Waals surface area contributed by atoms with Crippen LogP contribution >= 0.6 is 0 Å². The number of fused-ring (bicyclic) bond motifs is 4. The molecular weight excluding hydrogens is 641 g/mol. The van der Waals surface area contributed by atoms with Crippen molar-refractivity contribution in [3.05, 3.63) is 199 Å². The molecule has 0 saturated heterocycles. The van der Waals surface area contributed by atoms with Gasteiger partial charge in [0, 0.05) is 33.1 Å². The van der Waals surface area contributed by atoms with E-state index in [-0.39, 0.29) is 0 Å². The summed E-state index contributed by atoms with van der Waals surface area (Å²) < 4.78 is 4.71. The smallest absolute Gasteiger partial charge is 0.0541 e. The molecule has 0 radical (unpaired) electrons. The number of aromatic nitrogens is 2. The Morgan fingerprint density at radius 3 is 1.81 bits per heavy atom. The lowest BCUT2D eigenvalue weighted by atomic mass is 9.95. The molecule has 8 rings (SSSR count). The topological polar surface area (TPSA) is 9.86 Å². The van der Waals surface area contributed by atoms with Crippen LogP contribution in [0.15, 0.2) is 183 Å². The van der Waals surface area contributed by atoms with Gasteiger partial charge in [-0.25, -0.2) is 0 Å². The SMILES string of the molecule is C=Cc1c(/C=C\C)n(C(/C=C\CC)=C/C=C/c2cc(-c3ccccc3)cc(-c3ccc(-n4c5ccccc5c5ccccc54)cc3)c2)c2ccccc12. The lowest BCUT2D eigenvalue weighted by Gasteiger charge is -2.12. The quantitative estimate of drug-likeness (QED) is 0.127. The van der Waals surface area contributed by atoms with Crippen molar-refractivity contribution in [1.29, 1.82) is 0 Å². The minimum Gasteiger partial charge on any atom is -0.309 e. The van der Waals surface area contributed by atoms with Gasteiger partial charge in [-0.2, -0.15) is 0 Å². The summed E-state index contributed by atoms with van der Waals surface area (Å²) >= 11 is 0. The first-order valence-corrected chi connectivity index (χ1v) is 18.4. The normalized spacial score (nSPS) is 12.4. The number of rotatable bonds is 10. The van der Waals surface area contributed by atoms with Crippen molar-refractivity contribution in [2.75, 3.05) is 0 Å². The molecule has 0 atom stereocenters. The molecule has 0 unspecified atom stereocenters. The van der Waals surface area contributed by atoms with E-state index in [0.717, 1.165) is 40.1 Å². The van der Waals surface area contributed by atoms with Crippen LogP contribution in [0.1, 0.15) is 37.1 Å². The van der Waals surface area contributed by atoms with Crippen molar-refractivity contribution in [2.24, 2.45) is 0 Å². The maximum absolute atomic E-state index is 4.17. The molecule has 0 aliphatic heterocycles. The molecule has 0 aliphatic rings. The molecule has 256 valence electrons. The lowest BCUT2D eigenvalue weighted by molar-refractivity contribution is 1.14. The van der Waals surface area contributed by atoms with Crippen molar-refractivity contribution >= 4 is 56.6 Å². The van der Waals surface area contributed by atoms with E-state index in [2.05, 4.69) is 218 Å². The number of hydrogen-bond donors (Lipinski definition) is 0. The monoisotopic (exact) mass is 682 g/mol. The summed E-state index contributed by atoms with van der Waals surface area (Å²) in [5, 5.41) is 3.73. The Labute approximate surface area is 312 Å². The molecule has 0 amide bonds. The van der Waals surface area contributed by atoms with Crippen LogP contribution in [0.2, 0.25) is 0 Å². The molecule has 0 bridgehead atoms. The maximum Gasteiger partial charge on any atom is 0.0541 e. The summed E-state index contributed by atoms with van der Waals surface area (Å²) in [6.45, 7) is 8.41. The predicted molar refractivity (Wildman–Crippen MR) is 231 cm³/mol. The number of hydrogen-bond acceptors (Lipinski definition) is 0. The Morgan fingerprint density at radius 2 is 1.19 bits per heavy atom. The highest BCUT2D eigenvalue weighted by Crippen LogP contribution is 2.35. The van der Waals surface area contributed by atoms with Crippen LogP contribution in [0.4, 0.5) is 0 Å². The zero-order valence-electron chi connectivity index (χ0n) is 30.3. The average molecular weight is 683 g/mol. The van der Waals surface area contributed by atoms with Crippen molar-refractivity contribution in [3.63, 3.8) is 0 Å². The third kappa shape index (κ3) is 6.41.